The molecule has 8 nitrogen and oxygen atoms in total. The van der Waals surface area contributed by atoms with Crippen LogP contribution in [-0.2, 0) is 20.9 Å². The molecule has 9 heteroatoms. The molecule has 0 radical (unpaired) electrons. The van der Waals surface area contributed by atoms with Gasteiger partial charge in [-0.3, -0.25) is 14.4 Å². The van der Waals surface area contributed by atoms with Crippen LogP contribution in [-0.4, -0.2) is 41.0 Å². The zero-order valence-electron chi connectivity index (χ0n) is 22.3. The molecule has 1 saturated carbocycles. The first-order valence-corrected chi connectivity index (χ1v) is 13.5. The van der Waals surface area contributed by atoms with Crippen LogP contribution in [0.1, 0.15) is 76.3 Å². The topological polar surface area (TPSA) is 97.3 Å². The Morgan fingerprint density at radius 1 is 1.03 bits per heavy atom. The highest BCUT2D eigenvalue weighted by atomic mass is 35.5. The summed E-state index contributed by atoms with van der Waals surface area (Å²) in [7, 11) is 1.65. The number of methoxy groups -OCH3 is 1. The molecule has 0 unspecified atom stereocenters. The molecular formula is C29H36ClN3O5. The first-order valence-electron chi connectivity index (χ1n) is 13.1. The van der Waals surface area contributed by atoms with Crippen molar-refractivity contribution in [3.63, 3.8) is 0 Å². The van der Waals surface area contributed by atoms with Crippen molar-refractivity contribution in [3.8, 4) is 11.5 Å². The lowest BCUT2D eigenvalue weighted by molar-refractivity contribution is -0.132. The maximum absolute atomic E-state index is 12.5. The van der Waals surface area contributed by atoms with Crippen LogP contribution in [0.25, 0.3) is 0 Å². The van der Waals surface area contributed by atoms with E-state index in [2.05, 4.69) is 10.4 Å². The molecule has 0 aromatic heterocycles. The molecule has 1 N–H and O–H groups in total. The molecule has 0 spiro atoms. The molecule has 1 fully saturated rings. The molecule has 0 saturated heterocycles. The van der Waals surface area contributed by atoms with Gasteiger partial charge in [-0.2, -0.15) is 5.10 Å². The number of carbonyl (C=O) groups excluding carboxylic acids is 3. The second-order valence-electron chi connectivity index (χ2n) is 9.20. The largest absolute Gasteiger partial charge is 0.493 e. The predicted octanol–water partition coefficient (Wildman–Crippen LogP) is 6.05. The van der Waals surface area contributed by atoms with Gasteiger partial charge in [-0.1, -0.05) is 26.0 Å². The Hall–Kier alpha value is -3.39. The van der Waals surface area contributed by atoms with Gasteiger partial charge in [0.1, 0.15) is 0 Å². The lowest BCUT2D eigenvalue weighted by atomic mass is 10.0. The van der Waals surface area contributed by atoms with Crippen LogP contribution in [0, 0.1) is 0 Å². The van der Waals surface area contributed by atoms with Gasteiger partial charge in [-0.15, -0.1) is 0 Å². The van der Waals surface area contributed by atoms with Crippen LogP contribution in [0.2, 0.25) is 0 Å². The second-order valence-corrected chi connectivity index (χ2v) is 9.62. The Morgan fingerprint density at radius 2 is 1.71 bits per heavy atom. The van der Waals surface area contributed by atoms with E-state index in [1.54, 1.807) is 14.0 Å². The van der Waals surface area contributed by atoms with Gasteiger partial charge < -0.3 is 14.8 Å². The summed E-state index contributed by atoms with van der Waals surface area (Å²) < 4.78 is 11.7. The second kappa shape index (κ2) is 14.5. The molecule has 1 aliphatic carbocycles. The van der Waals surface area contributed by atoms with E-state index in [0.717, 1.165) is 41.1 Å². The maximum Gasteiger partial charge on any atom is 0.243 e. The van der Waals surface area contributed by atoms with Gasteiger partial charge in [0, 0.05) is 36.9 Å². The van der Waals surface area contributed by atoms with E-state index >= 15 is 0 Å². The third-order valence-electron chi connectivity index (χ3n) is 6.37. The van der Waals surface area contributed by atoms with Gasteiger partial charge in [0.05, 0.1) is 25.5 Å². The fourth-order valence-corrected chi connectivity index (χ4v) is 4.18. The van der Waals surface area contributed by atoms with E-state index in [1.807, 2.05) is 49.4 Å². The normalized spacial score (nSPS) is 15.3. The smallest absolute Gasteiger partial charge is 0.243 e. The van der Waals surface area contributed by atoms with E-state index < -0.39 is 0 Å². The van der Waals surface area contributed by atoms with Crippen LogP contribution >= 0.6 is 11.6 Å². The molecule has 1 heterocycles. The van der Waals surface area contributed by atoms with Gasteiger partial charge >= 0.3 is 0 Å². The number of nitrogens with one attached hydrogen (secondary N) is 1. The maximum atomic E-state index is 12.5. The number of halogens is 1. The minimum atomic E-state index is -0.273. The van der Waals surface area contributed by atoms with Crippen molar-refractivity contribution in [2.75, 3.05) is 12.4 Å². The molecule has 1 aliphatic heterocycles. The van der Waals surface area contributed by atoms with E-state index in [9.17, 15) is 14.4 Å². The van der Waals surface area contributed by atoms with Crippen molar-refractivity contribution in [2.24, 2.45) is 5.10 Å². The van der Waals surface area contributed by atoms with Gasteiger partial charge in [0.2, 0.25) is 17.1 Å². The first kappa shape index (κ1) is 29.2. The SMILES string of the molecule is CCC(=O)Cl.CCC(=O)Nc1ccc(CN2N=C(c3ccc(OC)c(OC4CCCC4)c3)CCC2=O)cc1. The number of rotatable bonds is 9. The van der Waals surface area contributed by atoms with Crippen molar-refractivity contribution < 1.29 is 23.9 Å². The fraction of sp³-hybridized carbons (Fsp3) is 0.448. The van der Waals surface area contributed by atoms with Crippen molar-refractivity contribution in [1.82, 2.24) is 5.01 Å². The monoisotopic (exact) mass is 541 g/mol. The Balaban J connectivity index is 0.000000732. The summed E-state index contributed by atoms with van der Waals surface area (Å²) in [6.07, 6.45) is 6.62. The van der Waals surface area contributed by atoms with Crippen LogP contribution in [0.15, 0.2) is 47.6 Å². The fourth-order valence-electron chi connectivity index (χ4n) is 4.18. The lowest BCUT2D eigenvalue weighted by Gasteiger charge is -2.24. The number of nitrogens with zero attached hydrogens (tertiary/aromatic N) is 2. The summed E-state index contributed by atoms with van der Waals surface area (Å²) in [6.45, 7) is 3.91. The van der Waals surface area contributed by atoms with E-state index in [-0.39, 0.29) is 23.2 Å². The van der Waals surface area contributed by atoms with Gasteiger partial charge in [0.15, 0.2) is 11.5 Å². The predicted molar refractivity (Wildman–Crippen MR) is 149 cm³/mol. The number of amides is 2. The number of benzene rings is 2. The van der Waals surface area contributed by atoms with E-state index in [1.165, 1.54) is 17.9 Å². The van der Waals surface area contributed by atoms with E-state index in [0.29, 0.717) is 38.0 Å². The number of carbonyl (C=O) groups is 3. The Kier molecular flexibility index (Phi) is 11.1. The highest BCUT2D eigenvalue weighted by molar-refractivity contribution is 6.63. The number of ether oxygens (including phenoxy) is 2. The van der Waals surface area contributed by atoms with E-state index in [4.69, 9.17) is 21.1 Å². The summed E-state index contributed by atoms with van der Waals surface area (Å²) >= 11 is 4.82. The third kappa shape index (κ3) is 8.58. The Morgan fingerprint density at radius 3 is 2.32 bits per heavy atom. The summed E-state index contributed by atoms with van der Waals surface area (Å²) in [6, 6.07) is 13.4. The molecule has 2 aromatic rings. The minimum Gasteiger partial charge on any atom is -0.493 e. The molecule has 4 rings (SSSR count). The number of hydrogen-bond acceptors (Lipinski definition) is 6. The van der Waals surface area contributed by atoms with Crippen molar-refractivity contribution in [2.45, 2.75) is 77.9 Å². The quantitative estimate of drug-likeness (QED) is 0.389. The van der Waals surface area contributed by atoms with Gasteiger partial charge in [-0.25, -0.2) is 5.01 Å². The van der Waals surface area contributed by atoms with Crippen LogP contribution in [0.5, 0.6) is 11.5 Å². The van der Waals surface area contributed by atoms with Crippen molar-refractivity contribution >= 4 is 40.1 Å². The number of hydrazone groups is 1. The van der Waals surface area contributed by atoms with Crippen LogP contribution in [0.4, 0.5) is 5.69 Å². The zero-order chi connectivity index (χ0) is 27.5. The third-order valence-corrected chi connectivity index (χ3v) is 6.63. The minimum absolute atomic E-state index is 0.00180. The van der Waals surface area contributed by atoms with Crippen LogP contribution < -0.4 is 14.8 Å². The molecule has 204 valence electrons. The molecule has 38 heavy (non-hydrogen) atoms. The molecule has 0 bridgehead atoms. The Labute approximate surface area is 229 Å². The van der Waals surface area contributed by atoms with Crippen LogP contribution in [0.3, 0.4) is 0 Å². The average Bonchev–Trinajstić information content (AvgIpc) is 3.44. The number of hydrogen-bond donors (Lipinski definition) is 1. The molecular weight excluding hydrogens is 506 g/mol. The number of anilines is 1. The summed E-state index contributed by atoms with van der Waals surface area (Å²) in [5.41, 5.74) is 3.50. The molecule has 0 atom stereocenters. The molecule has 2 amide bonds. The summed E-state index contributed by atoms with van der Waals surface area (Å²) in [4.78, 5) is 33.7. The Bertz CT molecular complexity index is 1140. The average molecular weight is 542 g/mol. The summed E-state index contributed by atoms with van der Waals surface area (Å²) in [5, 5.41) is 8.76. The lowest BCUT2D eigenvalue weighted by Crippen LogP contribution is -2.31. The standard InChI is InChI=1S/C26H31N3O4.C3H5ClO/c1-3-25(30)27-20-11-8-18(9-12-20)17-29-26(31)15-13-22(28-29)19-10-14-23(32-2)24(16-19)33-21-6-4-5-7-21;1-2-3(4)5/h8-12,14,16,21H,3-7,13,15,17H2,1-2H3,(H,27,30);2H2,1H3. The van der Waals surface area contributed by atoms with Crippen molar-refractivity contribution in [3.05, 3.63) is 53.6 Å². The highest BCUT2D eigenvalue weighted by Crippen LogP contribution is 2.33. The summed E-state index contributed by atoms with van der Waals surface area (Å²) in [5.74, 6) is 1.42. The molecule has 2 aliphatic rings. The van der Waals surface area contributed by atoms with Gasteiger partial charge in [-0.05, 0) is 73.2 Å². The highest BCUT2D eigenvalue weighted by Gasteiger charge is 2.23. The van der Waals surface area contributed by atoms with Crippen molar-refractivity contribution in [1.29, 1.82) is 0 Å². The molecule has 2 aromatic carbocycles. The zero-order valence-corrected chi connectivity index (χ0v) is 23.1. The van der Waals surface area contributed by atoms with Gasteiger partial charge in [0.25, 0.3) is 0 Å². The first-order chi connectivity index (χ1) is 18.3.